The summed E-state index contributed by atoms with van der Waals surface area (Å²) in [4.78, 5) is 11.3. The maximum Gasteiger partial charge on any atom is 0.237 e. The molecule has 1 aliphatic heterocycles. The Hall–Kier alpha value is -0.690. The second kappa shape index (κ2) is 4.52. The van der Waals surface area contributed by atoms with Gasteiger partial charge in [-0.05, 0) is 19.1 Å². The first kappa shape index (κ1) is 10.4. The Morgan fingerprint density at radius 3 is 2.92 bits per heavy atom. The fourth-order valence-electron chi connectivity index (χ4n) is 1.29. The number of rotatable bonds is 2. The van der Waals surface area contributed by atoms with Gasteiger partial charge in [0.1, 0.15) is 5.92 Å². The van der Waals surface area contributed by atoms with Crippen molar-refractivity contribution in [3.05, 3.63) is 0 Å². The molecule has 0 bridgehead atoms. The lowest BCUT2D eigenvalue weighted by molar-refractivity contribution is -0.123. The van der Waals surface area contributed by atoms with Gasteiger partial charge in [0.05, 0.1) is 6.07 Å². The summed E-state index contributed by atoms with van der Waals surface area (Å²) in [7, 11) is 0. The lowest BCUT2D eigenvalue weighted by Crippen LogP contribution is -2.40. The topological polar surface area (TPSA) is 52.9 Å². The van der Waals surface area contributed by atoms with Crippen LogP contribution in [0.2, 0.25) is 0 Å². The molecule has 0 aliphatic carbocycles. The molecule has 1 saturated heterocycles. The van der Waals surface area contributed by atoms with Crippen molar-refractivity contribution in [2.24, 2.45) is 5.92 Å². The first-order valence-corrected chi connectivity index (χ1v) is 5.51. The molecule has 1 amide bonds. The van der Waals surface area contributed by atoms with E-state index in [1.165, 1.54) is 0 Å². The normalized spacial score (nSPS) is 29.3. The molecule has 0 spiro atoms. The smallest absolute Gasteiger partial charge is 0.237 e. The highest BCUT2D eigenvalue weighted by Gasteiger charge is 2.26. The molecule has 3 unspecified atom stereocenters. The summed E-state index contributed by atoms with van der Waals surface area (Å²) in [5, 5.41) is 11.9. The van der Waals surface area contributed by atoms with Gasteiger partial charge in [0, 0.05) is 11.3 Å². The van der Waals surface area contributed by atoms with Crippen LogP contribution in [0.25, 0.3) is 0 Å². The molecule has 1 rings (SSSR count). The van der Waals surface area contributed by atoms with E-state index in [1.54, 1.807) is 6.92 Å². The molecular formula is C9H14N2OS. The fourth-order valence-corrected chi connectivity index (χ4v) is 2.49. The zero-order chi connectivity index (χ0) is 9.84. The summed E-state index contributed by atoms with van der Waals surface area (Å²) in [5.74, 6) is 0.437. The van der Waals surface area contributed by atoms with Crippen LogP contribution in [0.3, 0.4) is 0 Å². The highest BCUT2D eigenvalue weighted by Crippen LogP contribution is 2.26. The van der Waals surface area contributed by atoms with Crippen molar-refractivity contribution >= 4 is 17.7 Å². The molecule has 1 fully saturated rings. The van der Waals surface area contributed by atoms with Crippen LogP contribution in [0.15, 0.2) is 0 Å². The lowest BCUT2D eigenvalue weighted by atomic mass is 10.1. The number of hydrogen-bond acceptors (Lipinski definition) is 3. The summed E-state index contributed by atoms with van der Waals surface area (Å²) in [5.41, 5.74) is 0. The molecule has 0 aromatic heterocycles. The van der Waals surface area contributed by atoms with E-state index in [4.69, 9.17) is 5.26 Å². The minimum atomic E-state index is -0.530. The molecule has 0 saturated carbocycles. The molecule has 1 heterocycles. The third-order valence-electron chi connectivity index (χ3n) is 2.29. The monoisotopic (exact) mass is 198 g/mol. The predicted molar refractivity (Wildman–Crippen MR) is 53.2 cm³/mol. The van der Waals surface area contributed by atoms with Crippen LogP contribution < -0.4 is 5.32 Å². The number of carbonyl (C=O) groups is 1. The highest BCUT2D eigenvalue weighted by molar-refractivity contribution is 8.00. The van der Waals surface area contributed by atoms with Crippen molar-refractivity contribution in [3.8, 4) is 6.07 Å². The fraction of sp³-hybridized carbons (Fsp3) is 0.778. The number of nitriles is 1. The van der Waals surface area contributed by atoms with Gasteiger partial charge in [0.2, 0.25) is 5.91 Å². The Balaban J connectivity index is 2.40. The van der Waals surface area contributed by atoms with Crippen LogP contribution in [-0.4, -0.2) is 23.0 Å². The van der Waals surface area contributed by atoms with Gasteiger partial charge in [-0.15, -0.1) is 0 Å². The van der Waals surface area contributed by atoms with E-state index in [-0.39, 0.29) is 11.9 Å². The van der Waals surface area contributed by atoms with E-state index in [0.29, 0.717) is 5.25 Å². The predicted octanol–water partition coefficient (Wildman–Crippen LogP) is 1.16. The van der Waals surface area contributed by atoms with Crippen LogP contribution in [0.1, 0.15) is 20.3 Å². The number of thioether (sulfide) groups is 1. The Labute approximate surface area is 82.9 Å². The molecule has 0 radical (unpaired) electrons. The van der Waals surface area contributed by atoms with Crippen molar-refractivity contribution in [3.63, 3.8) is 0 Å². The van der Waals surface area contributed by atoms with Crippen molar-refractivity contribution in [2.75, 3.05) is 5.75 Å². The Morgan fingerprint density at radius 2 is 2.46 bits per heavy atom. The first-order valence-electron chi connectivity index (χ1n) is 4.46. The average Bonchev–Trinajstić information content (AvgIpc) is 2.50. The van der Waals surface area contributed by atoms with E-state index in [2.05, 4.69) is 12.2 Å². The van der Waals surface area contributed by atoms with Crippen LogP contribution in [0, 0.1) is 17.2 Å². The van der Waals surface area contributed by atoms with Gasteiger partial charge in [-0.25, -0.2) is 0 Å². The van der Waals surface area contributed by atoms with Gasteiger partial charge >= 0.3 is 0 Å². The maximum atomic E-state index is 11.3. The van der Waals surface area contributed by atoms with Crippen LogP contribution in [-0.2, 0) is 4.79 Å². The summed E-state index contributed by atoms with van der Waals surface area (Å²) < 4.78 is 0. The number of nitrogens with zero attached hydrogens (tertiary/aromatic N) is 1. The van der Waals surface area contributed by atoms with Crippen LogP contribution in [0.4, 0.5) is 0 Å². The molecule has 0 aromatic rings. The Morgan fingerprint density at radius 1 is 1.77 bits per heavy atom. The molecule has 1 aliphatic rings. The van der Waals surface area contributed by atoms with E-state index in [0.717, 1.165) is 12.2 Å². The number of amides is 1. The second-order valence-corrected chi connectivity index (χ2v) is 4.82. The molecule has 0 aromatic carbocycles. The van der Waals surface area contributed by atoms with E-state index in [9.17, 15) is 4.79 Å². The van der Waals surface area contributed by atoms with E-state index in [1.807, 2.05) is 17.8 Å². The molecule has 1 N–H and O–H groups in total. The lowest BCUT2D eigenvalue weighted by Gasteiger charge is -2.16. The van der Waals surface area contributed by atoms with Gasteiger partial charge < -0.3 is 5.32 Å². The second-order valence-electron chi connectivity index (χ2n) is 3.33. The Bertz CT molecular complexity index is 236. The standard InChI is InChI=1S/C9H14N2OS/c1-6(5-10)9(12)11-8-3-4-13-7(8)2/h6-8H,3-4H2,1-2H3,(H,11,12). The van der Waals surface area contributed by atoms with E-state index < -0.39 is 5.92 Å². The molecule has 13 heavy (non-hydrogen) atoms. The summed E-state index contributed by atoms with van der Waals surface area (Å²) in [6.45, 7) is 3.74. The third kappa shape index (κ3) is 2.63. The minimum Gasteiger partial charge on any atom is -0.351 e. The number of carbonyl (C=O) groups excluding carboxylic acids is 1. The van der Waals surface area contributed by atoms with Crippen LogP contribution in [0.5, 0.6) is 0 Å². The van der Waals surface area contributed by atoms with Crippen molar-refractivity contribution in [2.45, 2.75) is 31.6 Å². The van der Waals surface area contributed by atoms with Gasteiger partial charge in [-0.2, -0.15) is 17.0 Å². The van der Waals surface area contributed by atoms with Crippen molar-refractivity contribution in [1.82, 2.24) is 5.32 Å². The maximum absolute atomic E-state index is 11.3. The first-order chi connectivity index (χ1) is 6.15. The molecular weight excluding hydrogens is 184 g/mol. The molecule has 4 heteroatoms. The van der Waals surface area contributed by atoms with Crippen molar-refractivity contribution in [1.29, 1.82) is 5.26 Å². The van der Waals surface area contributed by atoms with Gasteiger partial charge in [0.15, 0.2) is 0 Å². The molecule has 3 atom stereocenters. The number of hydrogen-bond donors (Lipinski definition) is 1. The SMILES string of the molecule is CC(C#N)C(=O)NC1CCSC1C. The average molecular weight is 198 g/mol. The van der Waals surface area contributed by atoms with Crippen molar-refractivity contribution < 1.29 is 4.79 Å². The zero-order valence-electron chi connectivity index (χ0n) is 7.91. The minimum absolute atomic E-state index is 0.137. The quantitative estimate of drug-likeness (QED) is 0.724. The zero-order valence-corrected chi connectivity index (χ0v) is 8.73. The summed E-state index contributed by atoms with van der Waals surface area (Å²) in [6, 6.07) is 2.19. The Kier molecular flexibility index (Phi) is 3.61. The summed E-state index contributed by atoms with van der Waals surface area (Å²) in [6.07, 6.45) is 1.02. The highest BCUT2D eigenvalue weighted by atomic mass is 32.2. The largest absolute Gasteiger partial charge is 0.351 e. The van der Waals surface area contributed by atoms with E-state index >= 15 is 0 Å². The molecule has 3 nitrogen and oxygen atoms in total. The molecule has 72 valence electrons. The number of nitrogens with one attached hydrogen (secondary N) is 1. The van der Waals surface area contributed by atoms with Gasteiger partial charge in [-0.3, -0.25) is 4.79 Å². The van der Waals surface area contributed by atoms with Crippen LogP contribution >= 0.6 is 11.8 Å². The third-order valence-corrected chi connectivity index (χ3v) is 3.62. The van der Waals surface area contributed by atoms with Gasteiger partial charge in [0.25, 0.3) is 0 Å². The van der Waals surface area contributed by atoms with Gasteiger partial charge in [-0.1, -0.05) is 6.92 Å². The summed E-state index contributed by atoms with van der Waals surface area (Å²) >= 11 is 1.87.